The molecule has 2 atom stereocenters. The molecule has 0 aromatic carbocycles. The van der Waals surface area contributed by atoms with E-state index in [1.807, 2.05) is 0 Å². The van der Waals surface area contributed by atoms with Crippen LogP contribution in [0.5, 0.6) is 0 Å². The van der Waals surface area contributed by atoms with Gasteiger partial charge < -0.3 is 4.74 Å². The highest BCUT2D eigenvalue weighted by Crippen LogP contribution is 2.38. The molecule has 2 nitrogen and oxygen atoms in total. The normalized spacial score (nSPS) is 45.0. The van der Waals surface area contributed by atoms with Crippen molar-refractivity contribution < 1.29 is 4.74 Å². The Labute approximate surface area is 72.1 Å². The Kier molecular flexibility index (Phi) is 2.12. The molecule has 0 bridgehead atoms. The van der Waals surface area contributed by atoms with E-state index in [4.69, 9.17) is 4.74 Å². The predicted octanol–water partition coefficient (Wildman–Crippen LogP) is 1.22. The summed E-state index contributed by atoms with van der Waals surface area (Å²) >= 11 is 2.05. The second-order valence-corrected chi connectivity index (χ2v) is 5.28. The van der Waals surface area contributed by atoms with Crippen molar-refractivity contribution in [3.8, 4) is 0 Å². The van der Waals surface area contributed by atoms with Gasteiger partial charge in [0.15, 0.2) is 0 Å². The fourth-order valence-corrected chi connectivity index (χ4v) is 3.32. The Bertz CT molecular complexity index is 140. The minimum atomic E-state index is 0.289. The van der Waals surface area contributed by atoms with E-state index >= 15 is 0 Å². The number of hydrogen-bond acceptors (Lipinski definition) is 3. The molecule has 2 aliphatic rings. The molecule has 3 heteroatoms. The van der Waals surface area contributed by atoms with Crippen LogP contribution in [0.15, 0.2) is 0 Å². The van der Waals surface area contributed by atoms with E-state index in [-0.39, 0.29) is 4.87 Å². The summed E-state index contributed by atoms with van der Waals surface area (Å²) in [6.07, 6.45) is 2.49. The van der Waals surface area contributed by atoms with Gasteiger partial charge in [-0.1, -0.05) is 6.92 Å². The largest absolute Gasteiger partial charge is 0.379 e. The van der Waals surface area contributed by atoms with Gasteiger partial charge in [0.05, 0.1) is 11.5 Å². The van der Waals surface area contributed by atoms with Crippen molar-refractivity contribution in [2.75, 3.05) is 19.8 Å². The third kappa shape index (κ3) is 1.55. The summed E-state index contributed by atoms with van der Waals surface area (Å²) in [6, 6.07) is 0. The van der Waals surface area contributed by atoms with Gasteiger partial charge in [-0.3, -0.25) is 5.32 Å². The summed E-state index contributed by atoms with van der Waals surface area (Å²) in [5, 5.41) is 4.32. The highest BCUT2D eigenvalue weighted by molar-refractivity contribution is 8.01. The fraction of sp³-hybridized carbons (Fsp3) is 1.00. The summed E-state index contributed by atoms with van der Waals surface area (Å²) < 4.78 is 5.47. The summed E-state index contributed by atoms with van der Waals surface area (Å²) in [4.78, 5) is 0.289. The van der Waals surface area contributed by atoms with Crippen molar-refractivity contribution in [3.63, 3.8) is 0 Å². The van der Waals surface area contributed by atoms with Crippen LogP contribution < -0.4 is 5.32 Å². The monoisotopic (exact) mass is 173 g/mol. The van der Waals surface area contributed by atoms with Crippen molar-refractivity contribution in [3.05, 3.63) is 0 Å². The lowest BCUT2D eigenvalue weighted by atomic mass is 10.1. The van der Waals surface area contributed by atoms with Crippen LogP contribution in [0.25, 0.3) is 0 Å². The van der Waals surface area contributed by atoms with Crippen molar-refractivity contribution in [1.82, 2.24) is 5.32 Å². The number of ether oxygens (including phenoxy) is 1. The summed E-state index contributed by atoms with van der Waals surface area (Å²) in [7, 11) is 0. The van der Waals surface area contributed by atoms with Gasteiger partial charge in [-0.15, -0.1) is 11.8 Å². The highest BCUT2D eigenvalue weighted by atomic mass is 32.2. The molecule has 2 saturated heterocycles. The minimum absolute atomic E-state index is 0.289. The van der Waals surface area contributed by atoms with Crippen LogP contribution in [-0.2, 0) is 4.74 Å². The smallest absolute Gasteiger partial charge is 0.0885 e. The Morgan fingerprint density at radius 1 is 1.64 bits per heavy atom. The van der Waals surface area contributed by atoms with Crippen LogP contribution in [0, 0.1) is 0 Å². The van der Waals surface area contributed by atoms with Crippen LogP contribution in [0.2, 0.25) is 0 Å². The second kappa shape index (κ2) is 2.96. The predicted molar refractivity (Wildman–Crippen MR) is 47.8 cm³/mol. The molecule has 2 heterocycles. The van der Waals surface area contributed by atoms with Crippen LogP contribution in [0.3, 0.4) is 0 Å². The van der Waals surface area contributed by atoms with Gasteiger partial charge >= 0.3 is 0 Å². The SMILES string of the molecule is CC1CNC2(CCCOC2)S1. The van der Waals surface area contributed by atoms with Crippen molar-refractivity contribution in [2.45, 2.75) is 29.9 Å². The van der Waals surface area contributed by atoms with E-state index in [9.17, 15) is 0 Å². The van der Waals surface area contributed by atoms with E-state index in [0.29, 0.717) is 0 Å². The van der Waals surface area contributed by atoms with Gasteiger partial charge in [0.2, 0.25) is 0 Å². The Hall–Kier alpha value is 0.270. The first-order valence-electron chi connectivity index (χ1n) is 4.31. The molecule has 64 valence electrons. The average molecular weight is 173 g/mol. The zero-order chi connectivity index (χ0) is 7.73. The fourth-order valence-electron chi connectivity index (χ4n) is 1.80. The maximum Gasteiger partial charge on any atom is 0.0885 e. The van der Waals surface area contributed by atoms with Crippen molar-refractivity contribution in [2.24, 2.45) is 0 Å². The van der Waals surface area contributed by atoms with Gasteiger partial charge in [-0.05, 0) is 12.8 Å². The molecule has 0 radical (unpaired) electrons. The molecular weight excluding hydrogens is 158 g/mol. The Balaban J connectivity index is 1.98. The van der Waals surface area contributed by atoms with Gasteiger partial charge in [0.1, 0.15) is 0 Å². The first-order chi connectivity index (χ1) is 5.31. The third-order valence-corrected chi connectivity index (χ3v) is 3.83. The molecule has 1 spiro atoms. The molecule has 0 aromatic rings. The Morgan fingerprint density at radius 3 is 3.09 bits per heavy atom. The minimum Gasteiger partial charge on any atom is -0.379 e. The van der Waals surface area contributed by atoms with Crippen LogP contribution in [0.1, 0.15) is 19.8 Å². The van der Waals surface area contributed by atoms with Crippen LogP contribution >= 0.6 is 11.8 Å². The van der Waals surface area contributed by atoms with Gasteiger partial charge in [-0.2, -0.15) is 0 Å². The maximum absolute atomic E-state index is 5.47. The van der Waals surface area contributed by atoms with E-state index in [0.717, 1.165) is 25.0 Å². The maximum atomic E-state index is 5.47. The lowest BCUT2D eigenvalue weighted by molar-refractivity contribution is 0.0613. The molecular formula is C8H15NOS. The quantitative estimate of drug-likeness (QED) is 0.595. The summed E-state index contributed by atoms with van der Waals surface area (Å²) in [5.41, 5.74) is 0. The van der Waals surface area contributed by atoms with E-state index < -0.39 is 0 Å². The molecule has 2 rings (SSSR count). The molecule has 2 unspecified atom stereocenters. The lowest BCUT2D eigenvalue weighted by Crippen LogP contribution is -2.44. The van der Waals surface area contributed by atoms with E-state index in [1.54, 1.807) is 0 Å². The summed E-state index contributed by atoms with van der Waals surface area (Å²) in [6.45, 7) is 5.29. The standard InChI is InChI=1S/C8H15NOS/c1-7-5-9-8(11-7)3-2-4-10-6-8/h7,9H,2-6H2,1H3. The molecule has 0 amide bonds. The van der Waals surface area contributed by atoms with Crippen LogP contribution in [0.4, 0.5) is 0 Å². The zero-order valence-electron chi connectivity index (χ0n) is 6.93. The second-order valence-electron chi connectivity index (χ2n) is 3.46. The van der Waals surface area contributed by atoms with E-state index in [1.165, 1.54) is 12.8 Å². The summed E-state index contributed by atoms with van der Waals surface area (Å²) in [5.74, 6) is 0. The molecule has 11 heavy (non-hydrogen) atoms. The zero-order valence-corrected chi connectivity index (χ0v) is 7.75. The van der Waals surface area contributed by atoms with E-state index in [2.05, 4.69) is 24.0 Å². The molecule has 0 aromatic heterocycles. The third-order valence-electron chi connectivity index (χ3n) is 2.34. The highest BCUT2D eigenvalue weighted by Gasteiger charge is 2.39. The average Bonchev–Trinajstić information content (AvgIpc) is 2.34. The van der Waals surface area contributed by atoms with Crippen molar-refractivity contribution >= 4 is 11.8 Å². The topological polar surface area (TPSA) is 21.3 Å². The van der Waals surface area contributed by atoms with Gasteiger partial charge in [0, 0.05) is 18.4 Å². The number of thioether (sulfide) groups is 1. The molecule has 2 fully saturated rings. The number of nitrogens with one attached hydrogen (secondary N) is 1. The number of hydrogen-bond donors (Lipinski definition) is 1. The first-order valence-corrected chi connectivity index (χ1v) is 5.19. The van der Waals surface area contributed by atoms with Crippen LogP contribution in [-0.4, -0.2) is 29.9 Å². The molecule has 0 aliphatic carbocycles. The molecule has 0 saturated carbocycles. The molecule has 1 N–H and O–H groups in total. The molecule has 2 aliphatic heterocycles. The van der Waals surface area contributed by atoms with Gasteiger partial charge in [0.25, 0.3) is 0 Å². The first kappa shape index (κ1) is 7.90. The van der Waals surface area contributed by atoms with Gasteiger partial charge in [-0.25, -0.2) is 0 Å². The Morgan fingerprint density at radius 2 is 2.55 bits per heavy atom. The number of rotatable bonds is 0. The van der Waals surface area contributed by atoms with Crippen molar-refractivity contribution in [1.29, 1.82) is 0 Å². The lowest BCUT2D eigenvalue weighted by Gasteiger charge is -2.32.